The number of hydrogen-bond donors (Lipinski definition) is 1. The van der Waals surface area contributed by atoms with Gasteiger partial charge in [0.25, 0.3) is 11.8 Å². The van der Waals surface area contributed by atoms with Crippen molar-refractivity contribution in [3.63, 3.8) is 0 Å². The predicted octanol–water partition coefficient (Wildman–Crippen LogP) is 5.83. The number of hydrogen-bond acceptors (Lipinski definition) is 4. The van der Waals surface area contributed by atoms with Crippen molar-refractivity contribution in [2.24, 2.45) is 0 Å². The molecule has 3 aromatic carbocycles. The van der Waals surface area contributed by atoms with Gasteiger partial charge in [0, 0.05) is 5.69 Å². The Balaban J connectivity index is 1.79. The summed E-state index contributed by atoms with van der Waals surface area (Å²) in [7, 11) is 1.58. The zero-order valence-corrected chi connectivity index (χ0v) is 19.6. The fourth-order valence-electron chi connectivity index (χ4n) is 4.05. The molecular weight excluding hydrogens is 412 g/mol. The van der Waals surface area contributed by atoms with Crippen LogP contribution in [0.2, 0.25) is 0 Å². The van der Waals surface area contributed by atoms with Gasteiger partial charge < -0.3 is 10.1 Å². The van der Waals surface area contributed by atoms with Crippen LogP contribution in [0, 0.1) is 13.8 Å². The van der Waals surface area contributed by atoms with Crippen LogP contribution in [0.1, 0.15) is 42.0 Å². The van der Waals surface area contributed by atoms with E-state index in [0.717, 1.165) is 22.4 Å². The Morgan fingerprint density at radius 1 is 0.848 bits per heavy atom. The lowest BCUT2D eigenvalue weighted by Crippen LogP contribution is -2.32. The molecule has 4 rings (SSSR count). The van der Waals surface area contributed by atoms with Crippen LogP contribution in [-0.4, -0.2) is 18.9 Å². The first-order valence-corrected chi connectivity index (χ1v) is 11.0. The summed E-state index contributed by atoms with van der Waals surface area (Å²) < 4.78 is 5.22. The van der Waals surface area contributed by atoms with Crippen LogP contribution >= 0.6 is 0 Å². The summed E-state index contributed by atoms with van der Waals surface area (Å²) in [5.41, 5.74) is 5.90. The second-order valence-corrected chi connectivity index (χ2v) is 8.61. The number of benzene rings is 3. The lowest BCUT2D eigenvalue weighted by atomic mass is 9.97. The molecule has 0 aliphatic carbocycles. The predicted molar refractivity (Wildman–Crippen MR) is 132 cm³/mol. The highest BCUT2D eigenvalue weighted by molar-refractivity contribution is 6.46. The van der Waals surface area contributed by atoms with Crippen molar-refractivity contribution in [2.75, 3.05) is 17.3 Å². The summed E-state index contributed by atoms with van der Waals surface area (Å²) in [4.78, 5) is 28.4. The van der Waals surface area contributed by atoms with Gasteiger partial charge in [-0.25, -0.2) is 4.90 Å². The largest absolute Gasteiger partial charge is 0.497 e. The number of carbonyl (C=O) groups is 2. The van der Waals surface area contributed by atoms with Gasteiger partial charge in [-0.2, -0.15) is 0 Å². The molecule has 5 nitrogen and oxygen atoms in total. The van der Waals surface area contributed by atoms with Crippen LogP contribution < -0.4 is 15.0 Å². The number of nitrogens with zero attached hydrogens (tertiary/aromatic N) is 1. The molecule has 0 saturated heterocycles. The fourth-order valence-corrected chi connectivity index (χ4v) is 4.05. The number of anilines is 2. The Hall–Kier alpha value is -3.86. The van der Waals surface area contributed by atoms with Crippen molar-refractivity contribution in [3.05, 3.63) is 94.7 Å². The summed E-state index contributed by atoms with van der Waals surface area (Å²) in [5, 5.41) is 3.24. The first-order valence-electron chi connectivity index (χ1n) is 11.0. The Bertz CT molecular complexity index is 1240. The van der Waals surface area contributed by atoms with E-state index >= 15 is 0 Å². The number of imide groups is 1. The molecule has 0 fully saturated rings. The minimum atomic E-state index is -0.381. The fraction of sp³-hybridized carbons (Fsp3) is 0.214. The molecule has 0 saturated carbocycles. The van der Waals surface area contributed by atoms with Crippen molar-refractivity contribution >= 4 is 28.8 Å². The Morgan fingerprint density at radius 3 is 2.09 bits per heavy atom. The molecule has 5 heteroatoms. The summed E-state index contributed by atoms with van der Waals surface area (Å²) in [6.45, 7) is 8.23. The number of amides is 2. The highest BCUT2D eigenvalue weighted by atomic mass is 16.5. The molecule has 3 aromatic rings. The Morgan fingerprint density at radius 2 is 1.52 bits per heavy atom. The monoisotopic (exact) mass is 440 g/mol. The SMILES string of the molecule is COc1ccc(N2C(=O)C(Nc3ccc(C(C)C)cc3)=C(c3ccc(C)cc3C)C2=O)cc1. The van der Waals surface area contributed by atoms with Crippen molar-refractivity contribution in [1.82, 2.24) is 0 Å². The van der Waals surface area contributed by atoms with Crippen LogP contribution in [-0.2, 0) is 9.59 Å². The highest BCUT2D eigenvalue weighted by Gasteiger charge is 2.40. The standard InChI is InChI=1S/C28H28N2O3/c1-17(2)20-7-9-21(10-8-20)29-26-25(24-15-6-18(3)16-19(24)4)27(31)30(28(26)32)22-11-13-23(33-5)14-12-22/h6-17,29H,1-5H3. The average Bonchev–Trinajstić information content (AvgIpc) is 3.03. The van der Waals surface area contributed by atoms with Crippen LogP contribution in [0.3, 0.4) is 0 Å². The number of rotatable bonds is 6. The van der Waals surface area contributed by atoms with Crippen molar-refractivity contribution < 1.29 is 14.3 Å². The maximum absolute atomic E-state index is 13.6. The lowest BCUT2D eigenvalue weighted by Gasteiger charge is -2.16. The van der Waals surface area contributed by atoms with E-state index in [1.54, 1.807) is 31.4 Å². The molecule has 33 heavy (non-hydrogen) atoms. The Labute approximate surface area is 194 Å². The van der Waals surface area contributed by atoms with E-state index in [-0.39, 0.29) is 17.5 Å². The zero-order valence-electron chi connectivity index (χ0n) is 19.6. The maximum Gasteiger partial charge on any atom is 0.282 e. The van der Waals surface area contributed by atoms with Gasteiger partial charge in [-0.15, -0.1) is 0 Å². The van der Waals surface area contributed by atoms with Crippen molar-refractivity contribution in [2.45, 2.75) is 33.6 Å². The van der Waals surface area contributed by atoms with Crippen LogP contribution in [0.25, 0.3) is 5.57 Å². The average molecular weight is 441 g/mol. The molecule has 0 spiro atoms. The van der Waals surface area contributed by atoms with E-state index in [2.05, 4.69) is 19.2 Å². The molecule has 0 aromatic heterocycles. The van der Waals surface area contributed by atoms with E-state index in [9.17, 15) is 9.59 Å². The molecule has 2 amide bonds. The molecule has 1 aliphatic heterocycles. The molecule has 0 atom stereocenters. The van der Waals surface area contributed by atoms with Crippen molar-refractivity contribution in [1.29, 1.82) is 0 Å². The molecule has 0 bridgehead atoms. The van der Waals surface area contributed by atoms with Gasteiger partial charge in [-0.05, 0) is 72.9 Å². The quantitative estimate of drug-likeness (QED) is 0.490. The topological polar surface area (TPSA) is 58.6 Å². The molecule has 0 radical (unpaired) electrons. The van der Waals surface area contributed by atoms with E-state index in [1.807, 2.05) is 56.3 Å². The minimum Gasteiger partial charge on any atom is -0.497 e. The number of ether oxygens (including phenoxy) is 1. The molecular formula is C28H28N2O3. The number of aryl methyl sites for hydroxylation is 2. The zero-order chi connectivity index (χ0) is 23.7. The summed E-state index contributed by atoms with van der Waals surface area (Å²) in [6, 6.07) is 20.7. The van der Waals surface area contributed by atoms with E-state index in [0.29, 0.717) is 22.9 Å². The third-order valence-electron chi connectivity index (χ3n) is 5.91. The van der Waals surface area contributed by atoms with E-state index < -0.39 is 0 Å². The normalized spacial score (nSPS) is 13.8. The third kappa shape index (κ3) is 4.27. The summed E-state index contributed by atoms with van der Waals surface area (Å²) >= 11 is 0. The molecule has 1 aliphatic rings. The highest BCUT2D eigenvalue weighted by Crippen LogP contribution is 2.36. The number of carbonyl (C=O) groups excluding carboxylic acids is 2. The smallest absolute Gasteiger partial charge is 0.282 e. The summed E-state index contributed by atoms with van der Waals surface area (Å²) in [5.74, 6) is 0.333. The molecule has 1 heterocycles. The molecule has 1 N–H and O–H groups in total. The van der Waals surface area contributed by atoms with Crippen LogP contribution in [0.5, 0.6) is 5.75 Å². The first-order chi connectivity index (χ1) is 15.8. The van der Waals surface area contributed by atoms with Gasteiger partial charge in [-0.3, -0.25) is 9.59 Å². The van der Waals surface area contributed by atoms with Gasteiger partial charge >= 0.3 is 0 Å². The van der Waals surface area contributed by atoms with Crippen LogP contribution in [0.4, 0.5) is 11.4 Å². The summed E-state index contributed by atoms with van der Waals surface area (Å²) in [6.07, 6.45) is 0. The first kappa shape index (κ1) is 22.3. The second-order valence-electron chi connectivity index (χ2n) is 8.61. The number of methoxy groups -OCH3 is 1. The van der Waals surface area contributed by atoms with Gasteiger partial charge in [0.15, 0.2) is 0 Å². The molecule has 0 unspecified atom stereocenters. The van der Waals surface area contributed by atoms with Crippen LogP contribution in [0.15, 0.2) is 72.4 Å². The molecule has 168 valence electrons. The third-order valence-corrected chi connectivity index (χ3v) is 5.91. The van der Waals surface area contributed by atoms with E-state index in [4.69, 9.17) is 4.74 Å². The minimum absolute atomic E-state index is 0.278. The van der Waals surface area contributed by atoms with Gasteiger partial charge in [0.1, 0.15) is 11.4 Å². The van der Waals surface area contributed by atoms with Gasteiger partial charge in [-0.1, -0.05) is 49.7 Å². The van der Waals surface area contributed by atoms with E-state index in [1.165, 1.54) is 10.5 Å². The van der Waals surface area contributed by atoms with Gasteiger partial charge in [0.05, 0.1) is 18.4 Å². The Kier molecular flexibility index (Phi) is 6.05. The second kappa shape index (κ2) is 8.94. The number of nitrogens with one attached hydrogen (secondary N) is 1. The lowest BCUT2D eigenvalue weighted by molar-refractivity contribution is -0.120. The maximum atomic E-state index is 13.6. The van der Waals surface area contributed by atoms with Crippen molar-refractivity contribution in [3.8, 4) is 5.75 Å². The van der Waals surface area contributed by atoms with Gasteiger partial charge in [0.2, 0.25) is 0 Å².